The fourth-order valence-electron chi connectivity index (χ4n) is 7.61. The van der Waals surface area contributed by atoms with Crippen molar-refractivity contribution < 1.29 is 61.3 Å². The molecule has 1 unspecified atom stereocenters. The molecule has 0 saturated carbocycles. The lowest BCUT2D eigenvalue weighted by atomic mass is 9.75. The molecule has 15 nitrogen and oxygen atoms in total. The van der Waals surface area contributed by atoms with Crippen LogP contribution in [-0.4, -0.2) is 92.5 Å². The Morgan fingerprint density at radius 3 is 1.88 bits per heavy atom. The topological polar surface area (TPSA) is 241 Å². The Hall–Kier alpha value is -3.30. The number of carbonyl (C=O) groups excluding carboxylic acids is 1. The van der Waals surface area contributed by atoms with E-state index in [4.69, 9.17) is 0 Å². The van der Waals surface area contributed by atoms with Crippen molar-refractivity contribution in [1.82, 2.24) is 0 Å². The molecule has 0 bridgehead atoms. The second-order valence-electron chi connectivity index (χ2n) is 16.4. The van der Waals surface area contributed by atoms with E-state index >= 15 is 0 Å². The van der Waals surface area contributed by atoms with Gasteiger partial charge in [0.2, 0.25) is 5.69 Å². The number of anilines is 1. The first kappa shape index (κ1) is 46.4. The van der Waals surface area contributed by atoms with E-state index in [0.717, 1.165) is 0 Å². The molecule has 4 N–H and O–H groups in total. The van der Waals surface area contributed by atoms with Crippen LogP contribution in [0.2, 0.25) is 0 Å². The normalized spacial score (nSPS) is 19.5. The summed E-state index contributed by atoms with van der Waals surface area (Å²) in [6, 6.07) is 8.27. The standard InChI is InChI=1S/C38H52N2O13S4/c1-36(2,3)35(41)15-8-7-9-20-38(6)30-26-28(57(51,52)53)17-19-32(30)40(22-12-24-55(45,46)47)34(38)14-10-13-33-37(4,5)29-25-27(56(48,49)50)16-18-31(29)39(33)21-11-23-54(42,43)44/h10,13-14,16-19,25-26H,7-9,11-12,15,20-24H2,1-6H3,(H3-,42,43,44,45,46,47,48,49,50,51,52,53)/p+1. The van der Waals surface area contributed by atoms with Gasteiger partial charge in [-0.05, 0) is 68.2 Å². The smallest absolute Gasteiger partial charge is 0.294 e. The third kappa shape index (κ3) is 11.3. The number of allylic oxidation sites excluding steroid dienone is 4. The SMILES string of the molecule is CC(C)(C)C(=O)CCCCCC1(C)C(/C=C/C=C2/N(CCCS(=O)(=O)O)c3ccc(S(=O)(=O)O)cc3C2(C)C)=[N+](CCCS(=O)(=O)O)c2ccc(S(=O)(=O)O)cc21. The van der Waals surface area contributed by atoms with Crippen LogP contribution >= 0.6 is 0 Å². The highest BCUT2D eigenvalue weighted by Gasteiger charge is 2.48. The summed E-state index contributed by atoms with van der Waals surface area (Å²) in [6.45, 7) is 11.3. The highest BCUT2D eigenvalue weighted by molar-refractivity contribution is 7.86. The van der Waals surface area contributed by atoms with Crippen molar-refractivity contribution in [3.63, 3.8) is 0 Å². The van der Waals surface area contributed by atoms with E-state index in [0.29, 0.717) is 66.0 Å². The quantitative estimate of drug-likeness (QED) is 0.0776. The van der Waals surface area contributed by atoms with Crippen LogP contribution in [-0.2, 0) is 56.1 Å². The Bertz CT molecular complexity index is 2450. The molecule has 0 aromatic heterocycles. The second kappa shape index (κ2) is 16.8. The summed E-state index contributed by atoms with van der Waals surface area (Å²) in [4.78, 5) is 13.7. The molecular formula is C38H53N2O13S4+. The van der Waals surface area contributed by atoms with E-state index in [-0.39, 0.29) is 41.5 Å². The van der Waals surface area contributed by atoms with Crippen LogP contribution in [0.15, 0.2) is 70.1 Å². The molecule has 2 aliphatic rings. The Morgan fingerprint density at radius 1 is 0.754 bits per heavy atom. The lowest BCUT2D eigenvalue weighted by molar-refractivity contribution is -0.437. The van der Waals surface area contributed by atoms with Gasteiger partial charge in [0, 0.05) is 59.3 Å². The Kier molecular flexibility index (Phi) is 13.6. The lowest BCUT2D eigenvalue weighted by Gasteiger charge is -2.27. The van der Waals surface area contributed by atoms with Crippen LogP contribution in [0.5, 0.6) is 0 Å². The van der Waals surface area contributed by atoms with E-state index in [9.17, 15) is 56.7 Å². The van der Waals surface area contributed by atoms with Gasteiger partial charge in [-0.25, -0.2) is 0 Å². The molecule has 0 radical (unpaired) electrons. The van der Waals surface area contributed by atoms with Crippen molar-refractivity contribution >= 4 is 63.3 Å². The highest BCUT2D eigenvalue weighted by Crippen LogP contribution is 2.49. The fourth-order valence-corrected chi connectivity index (χ4v) is 9.61. The average Bonchev–Trinajstić information content (AvgIpc) is 3.41. The van der Waals surface area contributed by atoms with Gasteiger partial charge in [0.25, 0.3) is 40.5 Å². The first-order valence-corrected chi connectivity index (χ1v) is 24.6. The van der Waals surface area contributed by atoms with E-state index in [1.54, 1.807) is 23.1 Å². The summed E-state index contributed by atoms with van der Waals surface area (Å²) in [7, 11) is -17.8. The van der Waals surface area contributed by atoms with Gasteiger partial charge in [-0.15, -0.1) is 0 Å². The van der Waals surface area contributed by atoms with Crippen LogP contribution in [0.25, 0.3) is 0 Å². The third-order valence-electron chi connectivity index (χ3n) is 10.7. The largest absolute Gasteiger partial charge is 0.344 e. The first-order valence-electron chi connectivity index (χ1n) is 18.5. The first-order chi connectivity index (χ1) is 26.0. The Labute approximate surface area is 336 Å². The maximum Gasteiger partial charge on any atom is 0.294 e. The molecule has 0 amide bonds. The molecule has 0 fully saturated rings. The highest BCUT2D eigenvalue weighted by atomic mass is 32.2. The number of ketones is 1. The zero-order chi connectivity index (χ0) is 43.0. The minimum Gasteiger partial charge on any atom is -0.344 e. The predicted octanol–water partition coefficient (Wildman–Crippen LogP) is 5.90. The minimum atomic E-state index is -4.62. The van der Waals surface area contributed by atoms with E-state index < -0.39 is 68.2 Å². The van der Waals surface area contributed by atoms with Gasteiger partial charge >= 0.3 is 0 Å². The third-order valence-corrected chi connectivity index (χ3v) is 14.0. The summed E-state index contributed by atoms with van der Waals surface area (Å²) in [5.41, 5.74) is 1.18. The summed E-state index contributed by atoms with van der Waals surface area (Å²) < 4.78 is 136. The average molecular weight is 874 g/mol. The number of hydrogen-bond donors (Lipinski definition) is 4. The molecule has 0 aliphatic carbocycles. The minimum absolute atomic E-state index is 0.00172. The van der Waals surface area contributed by atoms with E-state index in [1.807, 2.05) is 46.1 Å². The number of carbonyl (C=O) groups is 1. The molecular weight excluding hydrogens is 821 g/mol. The van der Waals surface area contributed by atoms with Gasteiger partial charge in [0.05, 0.1) is 26.7 Å². The van der Waals surface area contributed by atoms with Crippen molar-refractivity contribution in [2.24, 2.45) is 5.41 Å². The zero-order valence-corrected chi connectivity index (χ0v) is 36.2. The molecule has 0 saturated heterocycles. The Morgan fingerprint density at radius 2 is 1.32 bits per heavy atom. The van der Waals surface area contributed by atoms with Crippen molar-refractivity contribution in [3.8, 4) is 0 Å². The molecule has 1 atom stereocenters. The summed E-state index contributed by atoms with van der Waals surface area (Å²) in [5, 5.41) is 0. The van der Waals surface area contributed by atoms with Crippen LogP contribution in [0, 0.1) is 5.41 Å². The molecule has 57 heavy (non-hydrogen) atoms. The number of nitrogens with zero attached hydrogens (tertiary/aromatic N) is 2. The summed E-state index contributed by atoms with van der Waals surface area (Å²) >= 11 is 0. The van der Waals surface area contributed by atoms with Gasteiger partial charge < -0.3 is 4.90 Å². The number of benzene rings is 2. The van der Waals surface area contributed by atoms with Crippen molar-refractivity contribution in [2.45, 2.75) is 107 Å². The predicted molar refractivity (Wildman–Crippen MR) is 217 cm³/mol. The number of Topliss-reactive ketones (excluding diaryl/α,β-unsaturated/α-hetero) is 1. The van der Waals surface area contributed by atoms with E-state index in [1.165, 1.54) is 36.4 Å². The van der Waals surface area contributed by atoms with Crippen LogP contribution < -0.4 is 4.90 Å². The monoisotopic (exact) mass is 873 g/mol. The number of rotatable bonds is 18. The lowest BCUT2D eigenvalue weighted by Crippen LogP contribution is -2.32. The molecule has 2 aliphatic heterocycles. The molecule has 4 rings (SSSR count). The van der Waals surface area contributed by atoms with Crippen molar-refractivity contribution in [2.75, 3.05) is 29.5 Å². The van der Waals surface area contributed by atoms with Crippen molar-refractivity contribution in [3.05, 3.63) is 71.5 Å². The maximum atomic E-state index is 12.6. The van der Waals surface area contributed by atoms with Crippen LogP contribution in [0.4, 0.5) is 11.4 Å². The summed E-state index contributed by atoms with van der Waals surface area (Å²) in [6.07, 6.45) is 8.05. The van der Waals surface area contributed by atoms with Crippen LogP contribution in [0.1, 0.15) is 97.6 Å². The van der Waals surface area contributed by atoms with Gasteiger partial charge in [-0.1, -0.05) is 53.5 Å². The summed E-state index contributed by atoms with van der Waals surface area (Å²) in [5.74, 6) is -0.948. The van der Waals surface area contributed by atoms with Gasteiger partial charge in [-0.3, -0.25) is 23.0 Å². The molecule has 2 aromatic rings. The van der Waals surface area contributed by atoms with Gasteiger partial charge in [-0.2, -0.15) is 38.2 Å². The number of unbranched alkanes of at least 4 members (excludes halogenated alkanes) is 2. The van der Waals surface area contributed by atoms with Gasteiger partial charge in [0.15, 0.2) is 5.71 Å². The van der Waals surface area contributed by atoms with Crippen LogP contribution in [0.3, 0.4) is 0 Å². The van der Waals surface area contributed by atoms with E-state index in [2.05, 4.69) is 0 Å². The second-order valence-corrected chi connectivity index (χ2v) is 22.4. The molecule has 316 valence electrons. The maximum absolute atomic E-state index is 12.6. The number of hydrogen-bond acceptors (Lipinski definition) is 10. The number of fused-ring (bicyclic) bond motifs is 2. The molecule has 2 aromatic carbocycles. The molecule has 2 heterocycles. The van der Waals surface area contributed by atoms with Crippen molar-refractivity contribution in [1.29, 1.82) is 0 Å². The fraction of sp³-hybridized carbons (Fsp3) is 0.526. The zero-order valence-electron chi connectivity index (χ0n) is 33.0. The molecule has 0 spiro atoms. The molecule has 19 heteroatoms. The Balaban J connectivity index is 1.85. The van der Waals surface area contributed by atoms with Gasteiger partial charge in [0.1, 0.15) is 12.3 Å².